The van der Waals surface area contributed by atoms with Crippen molar-refractivity contribution >= 4 is 30.2 Å². The normalized spacial score (nSPS) is 12.4. The molecule has 0 aliphatic carbocycles. The maximum absolute atomic E-state index is 2.41. The molecule has 0 atom stereocenters. The van der Waals surface area contributed by atoms with Crippen LogP contribution in [0.15, 0.2) is 60.7 Å². The molecule has 0 saturated heterocycles. The molecular formula is C18H24SSi. The molecule has 0 bridgehead atoms. The van der Waals surface area contributed by atoms with E-state index in [-0.39, 0.29) is 0 Å². The molecule has 0 spiro atoms. The highest BCUT2D eigenvalue weighted by Crippen LogP contribution is 2.37. The largest absolute Gasteiger partial charge is 0.168 e. The van der Waals surface area contributed by atoms with Crippen molar-refractivity contribution in [1.82, 2.24) is 0 Å². The van der Waals surface area contributed by atoms with Crippen LogP contribution in [0.3, 0.4) is 0 Å². The molecular weight excluding hydrogens is 276 g/mol. The lowest BCUT2D eigenvalue weighted by molar-refractivity contribution is 0.734. The van der Waals surface area contributed by atoms with Gasteiger partial charge in [-0.3, -0.25) is 0 Å². The number of thioether (sulfide) groups is 1. The molecule has 2 aromatic rings. The van der Waals surface area contributed by atoms with Crippen LogP contribution in [0.25, 0.3) is 0 Å². The van der Waals surface area contributed by atoms with Crippen molar-refractivity contribution in [3.8, 4) is 0 Å². The minimum atomic E-state index is -1.79. The minimum Gasteiger partial charge on any atom is -0.168 e. The summed E-state index contributed by atoms with van der Waals surface area (Å²) in [5.74, 6) is 0. The highest BCUT2D eigenvalue weighted by molar-refractivity contribution is 8.00. The average molecular weight is 301 g/mol. The Morgan fingerprint density at radius 3 is 1.50 bits per heavy atom. The van der Waals surface area contributed by atoms with Crippen LogP contribution in [0.5, 0.6) is 0 Å². The van der Waals surface area contributed by atoms with Crippen LogP contribution < -0.4 is 10.4 Å². The van der Waals surface area contributed by atoms with E-state index in [0.29, 0.717) is 5.04 Å². The number of hydrogen-bond donors (Lipinski definition) is 0. The molecule has 0 N–H and O–H groups in total. The Bertz CT molecular complexity index is 489. The van der Waals surface area contributed by atoms with E-state index < -0.39 is 8.07 Å². The van der Waals surface area contributed by atoms with Crippen LogP contribution >= 0.6 is 11.8 Å². The summed E-state index contributed by atoms with van der Waals surface area (Å²) in [4.78, 5) is 0. The van der Waals surface area contributed by atoms with Crippen molar-refractivity contribution in [3.63, 3.8) is 0 Å². The first-order valence-electron chi connectivity index (χ1n) is 7.12. The zero-order chi connectivity index (χ0) is 14.6. The predicted octanol–water partition coefficient (Wildman–Crippen LogP) is 3.95. The highest BCUT2D eigenvalue weighted by atomic mass is 32.2. The van der Waals surface area contributed by atoms with Gasteiger partial charge in [0.1, 0.15) is 8.07 Å². The Hall–Kier alpha value is -0.993. The molecule has 0 heterocycles. The standard InChI is InChI=1S/C18H24SSi/c1-18(2,3)20(15-19-4,16-11-7-5-8-12-16)17-13-9-6-10-14-17/h5-14H,15H2,1-4H3. The number of rotatable bonds is 4. The van der Waals surface area contributed by atoms with E-state index in [1.54, 1.807) is 10.4 Å². The maximum Gasteiger partial charge on any atom is 0.132 e. The predicted molar refractivity (Wildman–Crippen MR) is 96.0 cm³/mol. The van der Waals surface area contributed by atoms with Gasteiger partial charge < -0.3 is 0 Å². The molecule has 0 unspecified atom stereocenters. The monoisotopic (exact) mass is 300 g/mol. The molecule has 0 radical (unpaired) electrons. The zero-order valence-corrected chi connectivity index (χ0v) is 14.7. The third-order valence-electron chi connectivity index (χ3n) is 4.17. The van der Waals surface area contributed by atoms with Gasteiger partial charge >= 0.3 is 0 Å². The minimum absolute atomic E-state index is 0.290. The Morgan fingerprint density at radius 2 is 1.20 bits per heavy atom. The first-order chi connectivity index (χ1) is 9.52. The fourth-order valence-electron chi connectivity index (χ4n) is 3.08. The molecule has 0 nitrogen and oxygen atoms in total. The van der Waals surface area contributed by atoms with Gasteiger partial charge in [-0.15, -0.1) is 0 Å². The quantitative estimate of drug-likeness (QED) is 0.770. The Kier molecular flexibility index (Phi) is 4.77. The first-order valence-corrected chi connectivity index (χ1v) is 10.7. The summed E-state index contributed by atoms with van der Waals surface area (Å²) in [5.41, 5.74) is 0. The van der Waals surface area contributed by atoms with Gasteiger partial charge in [-0.1, -0.05) is 91.8 Å². The fourth-order valence-corrected chi connectivity index (χ4v) is 11.5. The molecule has 20 heavy (non-hydrogen) atoms. The SMILES string of the molecule is CSC[Si](c1ccccc1)(c1ccccc1)C(C)(C)C. The fraction of sp³-hybridized carbons (Fsp3) is 0.333. The van der Waals surface area contributed by atoms with Gasteiger partial charge in [-0.2, -0.15) is 11.8 Å². The second-order valence-electron chi connectivity index (χ2n) is 6.32. The summed E-state index contributed by atoms with van der Waals surface area (Å²) >= 11 is 1.99. The van der Waals surface area contributed by atoms with Gasteiger partial charge in [0.25, 0.3) is 0 Å². The van der Waals surface area contributed by atoms with Crippen molar-refractivity contribution < 1.29 is 0 Å². The van der Waals surface area contributed by atoms with Crippen molar-refractivity contribution in [3.05, 3.63) is 60.7 Å². The molecule has 0 saturated carbocycles. The summed E-state index contributed by atoms with van der Waals surface area (Å²) in [6.45, 7) is 7.24. The molecule has 2 rings (SSSR count). The Balaban J connectivity index is 2.70. The van der Waals surface area contributed by atoms with Crippen molar-refractivity contribution in [2.24, 2.45) is 0 Å². The van der Waals surface area contributed by atoms with Gasteiger partial charge in [0.15, 0.2) is 0 Å². The van der Waals surface area contributed by atoms with E-state index in [0.717, 1.165) is 0 Å². The van der Waals surface area contributed by atoms with E-state index in [4.69, 9.17) is 0 Å². The van der Waals surface area contributed by atoms with Crippen molar-refractivity contribution in [2.75, 3.05) is 11.6 Å². The van der Waals surface area contributed by atoms with E-state index in [1.165, 1.54) is 5.38 Å². The van der Waals surface area contributed by atoms with Crippen LogP contribution in [0, 0.1) is 0 Å². The van der Waals surface area contributed by atoms with Crippen LogP contribution in [0.4, 0.5) is 0 Å². The van der Waals surface area contributed by atoms with Crippen LogP contribution in [0.2, 0.25) is 5.04 Å². The summed E-state index contributed by atoms with van der Waals surface area (Å²) < 4.78 is 0. The first kappa shape index (κ1) is 15.4. The Morgan fingerprint density at radius 1 is 0.800 bits per heavy atom. The van der Waals surface area contributed by atoms with Crippen molar-refractivity contribution in [2.45, 2.75) is 25.8 Å². The molecule has 0 aliphatic rings. The van der Waals surface area contributed by atoms with Crippen LogP contribution in [-0.4, -0.2) is 19.7 Å². The summed E-state index contributed by atoms with van der Waals surface area (Å²) in [6.07, 6.45) is 2.24. The third-order valence-corrected chi connectivity index (χ3v) is 12.3. The highest BCUT2D eigenvalue weighted by Gasteiger charge is 2.46. The van der Waals surface area contributed by atoms with Crippen LogP contribution in [0.1, 0.15) is 20.8 Å². The molecule has 0 amide bonds. The lowest BCUT2D eigenvalue weighted by Crippen LogP contribution is -2.66. The van der Waals surface area contributed by atoms with E-state index in [1.807, 2.05) is 11.8 Å². The van der Waals surface area contributed by atoms with Gasteiger partial charge in [0.2, 0.25) is 0 Å². The molecule has 0 fully saturated rings. The molecule has 0 aliphatic heterocycles. The zero-order valence-electron chi connectivity index (χ0n) is 12.9. The van der Waals surface area contributed by atoms with Gasteiger partial charge in [-0.25, -0.2) is 0 Å². The molecule has 106 valence electrons. The number of hydrogen-bond acceptors (Lipinski definition) is 1. The molecule has 2 aromatic carbocycles. The smallest absolute Gasteiger partial charge is 0.132 e. The van der Waals surface area contributed by atoms with E-state index in [2.05, 4.69) is 87.7 Å². The lowest BCUT2D eigenvalue weighted by Gasteiger charge is -2.43. The summed E-state index contributed by atoms with van der Waals surface area (Å²) in [5, 5.41) is 4.62. The average Bonchev–Trinajstić information content (AvgIpc) is 2.45. The van der Waals surface area contributed by atoms with Gasteiger partial charge in [-0.05, 0) is 16.7 Å². The molecule has 0 aromatic heterocycles. The Labute approximate surface area is 128 Å². The summed E-state index contributed by atoms with van der Waals surface area (Å²) in [7, 11) is -1.79. The van der Waals surface area contributed by atoms with Gasteiger partial charge in [0, 0.05) is 0 Å². The second kappa shape index (κ2) is 6.19. The topological polar surface area (TPSA) is 0 Å². The van der Waals surface area contributed by atoms with Crippen LogP contribution in [-0.2, 0) is 0 Å². The van der Waals surface area contributed by atoms with Crippen molar-refractivity contribution in [1.29, 1.82) is 0 Å². The van der Waals surface area contributed by atoms with E-state index >= 15 is 0 Å². The third kappa shape index (κ3) is 2.72. The second-order valence-corrected chi connectivity index (χ2v) is 12.5. The maximum atomic E-state index is 2.41. The van der Waals surface area contributed by atoms with Gasteiger partial charge in [0.05, 0.1) is 0 Å². The summed E-state index contributed by atoms with van der Waals surface area (Å²) in [6, 6.07) is 22.3. The number of benzene rings is 2. The molecule has 2 heteroatoms. The van der Waals surface area contributed by atoms with E-state index in [9.17, 15) is 0 Å². The lowest BCUT2D eigenvalue weighted by atomic mass is 10.2.